The summed E-state index contributed by atoms with van der Waals surface area (Å²) in [5.41, 5.74) is 9.17. The van der Waals surface area contributed by atoms with Gasteiger partial charge in [0.2, 0.25) is 0 Å². The first-order valence-corrected chi connectivity index (χ1v) is 7.30. The zero-order valence-electron chi connectivity index (χ0n) is 12.3. The minimum Gasteiger partial charge on any atom is -0.444 e. The van der Waals surface area contributed by atoms with Crippen molar-refractivity contribution in [2.75, 3.05) is 37.7 Å². The van der Waals surface area contributed by atoms with Crippen molar-refractivity contribution < 1.29 is 18.7 Å². The van der Waals surface area contributed by atoms with Gasteiger partial charge in [-0.15, -0.1) is 0 Å². The molecule has 1 unspecified atom stereocenters. The van der Waals surface area contributed by atoms with Gasteiger partial charge in [0.05, 0.1) is 31.5 Å². The Morgan fingerprint density at radius 1 is 1.52 bits per heavy atom. The molecule has 0 bridgehead atoms. The Bertz CT molecular complexity index is 643. The number of amides is 1. The molecule has 23 heavy (non-hydrogen) atoms. The Hall–Kier alpha value is -2.35. The molecule has 122 valence electrons. The minimum absolute atomic E-state index is 0.0564. The van der Waals surface area contributed by atoms with Crippen molar-refractivity contribution in [1.82, 2.24) is 5.32 Å². The summed E-state index contributed by atoms with van der Waals surface area (Å²) in [5.74, 6) is -0.428. The van der Waals surface area contributed by atoms with E-state index < -0.39 is 18.0 Å². The lowest BCUT2D eigenvalue weighted by Crippen LogP contribution is -2.33. The number of halogens is 1. The van der Waals surface area contributed by atoms with E-state index in [2.05, 4.69) is 15.3 Å². The molecular formula is C14H16FN5O3. The third-order valence-corrected chi connectivity index (χ3v) is 3.79. The van der Waals surface area contributed by atoms with Crippen LogP contribution in [0.2, 0.25) is 0 Å². The van der Waals surface area contributed by atoms with Gasteiger partial charge in [0.15, 0.2) is 0 Å². The van der Waals surface area contributed by atoms with Crippen molar-refractivity contribution >= 4 is 11.8 Å². The van der Waals surface area contributed by atoms with E-state index in [1.54, 1.807) is 12.1 Å². The normalized spacial score (nSPS) is 24.2. The number of azide groups is 1. The molecule has 0 saturated carbocycles. The molecule has 0 aromatic heterocycles. The molecule has 0 spiro atoms. The number of hydrogen-bond acceptors (Lipinski definition) is 5. The van der Waals surface area contributed by atoms with Crippen molar-refractivity contribution in [3.05, 3.63) is 40.0 Å². The first kappa shape index (κ1) is 15.5. The Morgan fingerprint density at radius 3 is 3.09 bits per heavy atom. The number of rotatable bonds is 4. The predicted octanol–water partition coefficient (Wildman–Crippen LogP) is 2.12. The van der Waals surface area contributed by atoms with E-state index in [0.29, 0.717) is 24.4 Å². The smallest absolute Gasteiger partial charge is 0.414 e. The zero-order valence-corrected chi connectivity index (χ0v) is 12.3. The SMILES string of the molecule is [N-]=[N+]=NC[C@@H]1CN(c2ccc(C3CNCCO3)c(F)c2)C(=O)O1. The third kappa shape index (κ3) is 3.37. The van der Waals surface area contributed by atoms with Gasteiger partial charge in [-0.1, -0.05) is 11.2 Å². The third-order valence-electron chi connectivity index (χ3n) is 3.79. The van der Waals surface area contributed by atoms with E-state index >= 15 is 0 Å². The summed E-state index contributed by atoms with van der Waals surface area (Å²) in [7, 11) is 0. The molecule has 2 aliphatic heterocycles. The van der Waals surface area contributed by atoms with Gasteiger partial charge in [-0.25, -0.2) is 9.18 Å². The van der Waals surface area contributed by atoms with Gasteiger partial charge in [-0.2, -0.15) is 0 Å². The quantitative estimate of drug-likeness (QED) is 0.521. The summed E-state index contributed by atoms with van der Waals surface area (Å²) in [5, 5.41) is 6.54. The Balaban J connectivity index is 1.74. The summed E-state index contributed by atoms with van der Waals surface area (Å²) in [4.78, 5) is 15.8. The van der Waals surface area contributed by atoms with E-state index in [0.717, 1.165) is 6.54 Å². The topological polar surface area (TPSA) is 99.6 Å². The standard InChI is InChI=1S/C14H16FN5O3/c15-12-5-9(1-2-11(12)13-7-17-3-4-22-13)20-8-10(6-18-19-16)23-14(20)21/h1-2,5,10,13,17H,3-4,6-8H2/t10-,13?/m1/s1. The van der Waals surface area contributed by atoms with Crippen molar-refractivity contribution in [2.24, 2.45) is 5.11 Å². The lowest BCUT2D eigenvalue weighted by Gasteiger charge is -2.25. The predicted molar refractivity (Wildman–Crippen MR) is 79.6 cm³/mol. The molecule has 2 fully saturated rings. The van der Waals surface area contributed by atoms with Gasteiger partial charge < -0.3 is 14.8 Å². The van der Waals surface area contributed by atoms with Crippen LogP contribution in [0.5, 0.6) is 0 Å². The van der Waals surface area contributed by atoms with E-state index in [9.17, 15) is 9.18 Å². The summed E-state index contributed by atoms with van der Waals surface area (Å²) in [6.45, 7) is 2.11. The van der Waals surface area contributed by atoms with Crippen molar-refractivity contribution in [3.63, 3.8) is 0 Å². The van der Waals surface area contributed by atoms with Gasteiger partial charge >= 0.3 is 6.09 Å². The Kier molecular flexibility index (Phi) is 4.61. The number of carbonyl (C=O) groups excluding carboxylic acids is 1. The van der Waals surface area contributed by atoms with Crippen LogP contribution < -0.4 is 10.2 Å². The molecule has 2 aliphatic rings. The molecule has 1 aromatic carbocycles. The lowest BCUT2D eigenvalue weighted by atomic mass is 10.1. The van der Waals surface area contributed by atoms with Crippen LogP contribution in [0.4, 0.5) is 14.9 Å². The second-order valence-corrected chi connectivity index (χ2v) is 5.30. The highest BCUT2D eigenvalue weighted by Gasteiger charge is 2.32. The minimum atomic E-state index is -0.578. The summed E-state index contributed by atoms with van der Waals surface area (Å²) < 4.78 is 25.0. The second-order valence-electron chi connectivity index (χ2n) is 5.30. The highest BCUT2D eigenvalue weighted by atomic mass is 19.1. The maximum Gasteiger partial charge on any atom is 0.414 e. The zero-order chi connectivity index (χ0) is 16.2. The molecule has 0 radical (unpaired) electrons. The van der Waals surface area contributed by atoms with Crippen molar-refractivity contribution in [3.8, 4) is 0 Å². The number of anilines is 1. The Labute approximate surface area is 131 Å². The van der Waals surface area contributed by atoms with Gasteiger partial charge in [0.1, 0.15) is 11.9 Å². The largest absolute Gasteiger partial charge is 0.444 e. The van der Waals surface area contributed by atoms with Gasteiger partial charge in [0, 0.05) is 23.6 Å². The van der Waals surface area contributed by atoms with Crippen LogP contribution in [0, 0.1) is 5.82 Å². The van der Waals surface area contributed by atoms with Crippen LogP contribution in [0.25, 0.3) is 10.4 Å². The van der Waals surface area contributed by atoms with Gasteiger partial charge in [-0.3, -0.25) is 4.90 Å². The second kappa shape index (κ2) is 6.82. The van der Waals surface area contributed by atoms with Crippen LogP contribution in [0.3, 0.4) is 0 Å². The molecule has 1 aromatic rings. The van der Waals surface area contributed by atoms with Crippen LogP contribution in [-0.4, -0.2) is 45.0 Å². The first-order valence-electron chi connectivity index (χ1n) is 7.30. The van der Waals surface area contributed by atoms with Crippen molar-refractivity contribution in [2.45, 2.75) is 12.2 Å². The highest BCUT2D eigenvalue weighted by Crippen LogP contribution is 2.28. The number of hydrogen-bond donors (Lipinski definition) is 1. The number of cyclic esters (lactones) is 1. The number of morpholine rings is 1. The summed E-state index contributed by atoms with van der Waals surface area (Å²) >= 11 is 0. The number of carbonyl (C=O) groups is 1. The van der Waals surface area contributed by atoms with Crippen LogP contribution in [0.15, 0.2) is 23.3 Å². The average Bonchev–Trinajstić information content (AvgIpc) is 2.94. The number of nitrogens with zero attached hydrogens (tertiary/aromatic N) is 4. The van der Waals surface area contributed by atoms with Gasteiger partial charge in [-0.05, 0) is 17.7 Å². The van der Waals surface area contributed by atoms with Crippen molar-refractivity contribution in [1.29, 1.82) is 0 Å². The molecule has 3 rings (SSSR count). The summed E-state index contributed by atoms with van der Waals surface area (Å²) in [6, 6.07) is 4.58. The van der Waals surface area contributed by atoms with Crippen LogP contribution in [0.1, 0.15) is 11.7 Å². The fourth-order valence-electron chi connectivity index (χ4n) is 2.67. The molecule has 2 saturated heterocycles. The molecule has 1 N–H and O–H groups in total. The number of nitrogens with one attached hydrogen (secondary N) is 1. The average molecular weight is 321 g/mol. The molecule has 2 atom stereocenters. The van der Waals surface area contributed by atoms with Crippen LogP contribution in [-0.2, 0) is 9.47 Å². The van der Waals surface area contributed by atoms with E-state index in [1.165, 1.54) is 11.0 Å². The van der Waals surface area contributed by atoms with E-state index in [1.807, 2.05) is 0 Å². The molecule has 0 aliphatic carbocycles. The lowest BCUT2D eigenvalue weighted by molar-refractivity contribution is 0.0255. The maximum absolute atomic E-state index is 14.4. The van der Waals surface area contributed by atoms with Gasteiger partial charge in [0.25, 0.3) is 0 Å². The molecule has 2 heterocycles. The van der Waals surface area contributed by atoms with E-state index in [4.69, 9.17) is 15.0 Å². The number of benzene rings is 1. The molecule has 8 nitrogen and oxygen atoms in total. The fraction of sp³-hybridized carbons (Fsp3) is 0.500. The molecular weight excluding hydrogens is 305 g/mol. The summed E-state index contributed by atoms with van der Waals surface area (Å²) in [6.07, 6.45) is -1.43. The fourth-order valence-corrected chi connectivity index (χ4v) is 2.67. The van der Waals surface area contributed by atoms with E-state index in [-0.39, 0.29) is 19.2 Å². The maximum atomic E-state index is 14.4. The molecule has 9 heteroatoms. The number of ether oxygens (including phenoxy) is 2. The monoisotopic (exact) mass is 321 g/mol. The first-order chi connectivity index (χ1) is 11.2. The molecule has 1 amide bonds. The van der Waals surface area contributed by atoms with Crippen LogP contribution >= 0.6 is 0 Å². The highest BCUT2D eigenvalue weighted by molar-refractivity contribution is 5.89. The Morgan fingerprint density at radius 2 is 2.39 bits per heavy atom.